The zero-order valence-electron chi connectivity index (χ0n) is 14.0. The number of hydrogen-bond acceptors (Lipinski definition) is 4. The number of fused-ring (bicyclic) bond motifs is 2. The molecule has 0 radical (unpaired) electrons. The summed E-state index contributed by atoms with van der Waals surface area (Å²) >= 11 is 6.55. The molecule has 0 N–H and O–H groups in total. The fraction of sp³-hybridized carbons (Fsp3) is 0.474. The van der Waals surface area contributed by atoms with Gasteiger partial charge in [-0.05, 0) is 55.7 Å². The van der Waals surface area contributed by atoms with Gasteiger partial charge in [-0.3, -0.25) is 4.79 Å². The summed E-state index contributed by atoms with van der Waals surface area (Å²) in [5, 5.41) is 0.887. The van der Waals surface area contributed by atoms with E-state index in [0.29, 0.717) is 16.0 Å². The first-order chi connectivity index (χ1) is 11.6. The molecule has 0 spiro atoms. The van der Waals surface area contributed by atoms with Crippen LogP contribution in [0.4, 0.5) is 0 Å². The Hall–Kier alpha value is -1.81. The van der Waals surface area contributed by atoms with Crippen LogP contribution in [0.25, 0.3) is 11.0 Å². The molecule has 0 aliphatic heterocycles. The van der Waals surface area contributed by atoms with Crippen LogP contribution in [0.3, 0.4) is 0 Å². The van der Waals surface area contributed by atoms with E-state index in [0.717, 1.165) is 49.7 Å². The summed E-state index contributed by atoms with van der Waals surface area (Å²) in [6, 6.07) is 1.19. The predicted molar refractivity (Wildman–Crippen MR) is 94.1 cm³/mol. The van der Waals surface area contributed by atoms with Gasteiger partial charge in [-0.25, -0.2) is 4.79 Å². The Morgan fingerprint density at radius 2 is 1.96 bits per heavy atom. The molecule has 1 aliphatic carbocycles. The van der Waals surface area contributed by atoms with Crippen molar-refractivity contribution in [3.63, 3.8) is 0 Å². The average Bonchev–Trinajstić information content (AvgIpc) is 2.58. The topological polar surface area (TPSA) is 56.5 Å². The van der Waals surface area contributed by atoms with Gasteiger partial charge in [0.25, 0.3) is 0 Å². The molecule has 0 unspecified atom stereocenters. The standard InChI is InChI=1S/C19H21ClO4/c1-3-7-13-11-8-5-6-9-12(11)17(20)16-14(21)10-15(24-18(13)16)19(22)23-4-2/h10H,3-9H2,1-2H3. The van der Waals surface area contributed by atoms with Crippen LogP contribution < -0.4 is 5.43 Å². The average molecular weight is 349 g/mol. The van der Waals surface area contributed by atoms with Crippen LogP contribution in [0.2, 0.25) is 5.02 Å². The van der Waals surface area contributed by atoms with Gasteiger partial charge >= 0.3 is 5.97 Å². The molecule has 24 heavy (non-hydrogen) atoms. The lowest BCUT2D eigenvalue weighted by atomic mass is 9.85. The number of benzene rings is 1. The zero-order valence-corrected chi connectivity index (χ0v) is 14.8. The quantitative estimate of drug-likeness (QED) is 0.766. The number of carbonyl (C=O) groups excluding carboxylic acids is 1. The number of hydrogen-bond donors (Lipinski definition) is 0. The minimum absolute atomic E-state index is 0.0569. The van der Waals surface area contributed by atoms with Crippen LogP contribution in [0.15, 0.2) is 15.3 Å². The largest absolute Gasteiger partial charge is 0.460 e. The number of carbonyl (C=O) groups is 1. The van der Waals surface area contributed by atoms with Gasteiger partial charge in [-0.15, -0.1) is 0 Å². The molecule has 0 amide bonds. The molecule has 1 aliphatic rings. The number of rotatable bonds is 4. The van der Waals surface area contributed by atoms with Crippen molar-refractivity contribution in [3.05, 3.63) is 43.8 Å². The fourth-order valence-corrected chi connectivity index (χ4v) is 3.89. The SMILES string of the molecule is CCCc1c2c(c(Cl)c3c(=O)cc(C(=O)OCC)oc13)CCCC2. The second-order valence-corrected chi connectivity index (χ2v) is 6.48. The highest BCUT2D eigenvalue weighted by Crippen LogP contribution is 2.37. The lowest BCUT2D eigenvalue weighted by Gasteiger charge is -2.22. The number of ether oxygens (including phenoxy) is 1. The molecular formula is C19H21ClO4. The van der Waals surface area contributed by atoms with E-state index in [-0.39, 0.29) is 17.8 Å². The molecule has 0 fully saturated rings. The molecule has 3 rings (SSSR count). The second kappa shape index (κ2) is 6.98. The van der Waals surface area contributed by atoms with E-state index < -0.39 is 5.97 Å². The molecule has 0 saturated carbocycles. The van der Waals surface area contributed by atoms with Crippen molar-refractivity contribution >= 4 is 28.5 Å². The Bertz CT molecular complexity index is 851. The first-order valence-corrected chi connectivity index (χ1v) is 8.93. The van der Waals surface area contributed by atoms with Crippen LogP contribution >= 0.6 is 11.6 Å². The first-order valence-electron chi connectivity index (χ1n) is 8.55. The number of aryl methyl sites for hydroxylation is 1. The van der Waals surface area contributed by atoms with Crippen molar-refractivity contribution in [1.82, 2.24) is 0 Å². The Balaban J connectivity index is 2.34. The van der Waals surface area contributed by atoms with Gasteiger partial charge in [0.1, 0.15) is 5.58 Å². The van der Waals surface area contributed by atoms with E-state index in [1.807, 2.05) is 0 Å². The van der Waals surface area contributed by atoms with Gasteiger partial charge in [0.2, 0.25) is 5.76 Å². The van der Waals surface area contributed by atoms with Crippen molar-refractivity contribution in [2.75, 3.05) is 6.61 Å². The number of halogens is 1. The smallest absolute Gasteiger partial charge is 0.374 e. The highest BCUT2D eigenvalue weighted by atomic mass is 35.5. The van der Waals surface area contributed by atoms with Crippen LogP contribution in [0.1, 0.15) is 60.4 Å². The highest BCUT2D eigenvalue weighted by molar-refractivity contribution is 6.36. The Morgan fingerprint density at radius 1 is 1.25 bits per heavy atom. The molecule has 1 aromatic heterocycles. The van der Waals surface area contributed by atoms with Crippen molar-refractivity contribution in [2.45, 2.75) is 52.4 Å². The van der Waals surface area contributed by atoms with E-state index >= 15 is 0 Å². The van der Waals surface area contributed by atoms with Crippen LogP contribution in [0, 0.1) is 0 Å². The highest BCUT2D eigenvalue weighted by Gasteiger charge is 2.25. The van der Waals surface area contributed by atoms with Crippen molar-refractivity contribution in [1.29, 1.82) is 0 Å². The van der Waals surface area contributed by atoms with Gasteiger partial charge in [0.15, 0.2) is 5.43 Å². The first kappa shape index (κ1) is 17.0. The zero-order chi connectivity index (χ0) is 17.3. The molecule has 1 aromatic carbocycles. The lowest BCUT2D eigenvalue weighted by molar-refractivity contribution is 0.0490. The summed E-state index contributed by atoms with van der Waals surface area (Å²) in [6.45, 7) is 4.03. The summed E-state index contributed by atoms with van der Waals surface area (Å²) in [5.41, 5.74) is 3.47. The van der Waals surface area contributed by atoms with Crippen molar-refractivity contribution < 1.29 is 13.9 Å². The maximum atomic E-state index is 12.6. The van der Waals surface area contributed by atoms with Gasteiger partial charge < -0.3 is 9.15 Å². The minimum atomic E-state index is -0.618. The van der Waals surface area contributed by atoms with E-state index in [1.54, 1.807) is 6.92 Å². The molecule has 0 atom stereocenters. The second-order valence-electron chi connectivity index (χ2n) is 6.11. The Kier molecular flexibility index (Phi) is 4.95. The minimum Gasteiger partial charge on any atom is -0.460 e. The van der Waals surface area contributed by atoms with Crippen molar-refractivity contribution in [2.24, 2.45) is 0 Å². The van der Waals surface area contributed by atoms with Gasteiger partial charge in [-0.1, -0.05) is 24.9 Å². The normalized spacial score (nSPS) is 13.8. The third-order valence-corrected chi connectivity index (χ3v) is 4.93. The maximum Gasteiger partial charge on any atom is 0.374 e. The van der Waals surface area contributed by atoms with E-state index in [4.69, 9.17) is 20.8 Å². The van der Waals surface area contributed by atoms with Gasteiger partial charge in [0.05, 0.1) is 17.0 Å². The maximum absolute atomic E-state index is 12.6. The Labute approximate surface area is 145 Å². The van der Waals surface area contributed by atoms with Gasteiger partial charge in [-0.2, -0.15) is 0 Å². The Morgan fingerprint density at radius 3 is 2.62 bits per heavy atom. The molecule has 1 heterocycles. The molecule has 2 aromatic rings. The number of esters is 1. The predicted octanol–water partition coefficient (Wildman–Crippen LogP) is 4.45. The van der Waals surface area contributed by atoms with E-state index in [9.17, 15) is 9.59 Å². The summed E-state index contributed by atoms with van der Waals surface area (Å²) in [5.74, 6) is -0.675. The van der Waals surface area contributed by atoms with Crippen LogP contribution in [-0.4, -0.2) is 12.6 Å². The molecule has 0 bridgehead atoms. The molecule has 128 valence electrons. The summed E-state index contributed by atoms with van der Waals surface area (Å²) in [7, 11) is 0. The van der Waals surface area contributed by atoms with Gasteiger partial charge in [0, 0.05) is 6.07 Å². The van der Waals surface area contributed by atoms with E-state index in [2.05, 4.69) is 6.92 Å². The summed E-state index contributed by atoms with van der Waals surface area (Å²) in [6.07, 6.45) is 5.73. The molecular weight excluding hydrogens is 328 g/mol. The van der Waals surface area contributed by atoms with Crippen LogP contribution in [-0.2, 0) is 24.0 Å². The summed E-state index contributed by atoms with van der Waals surface area (Å²) < 4.78 is 10.8. The van der Waals surface area contributed by atoms with Crippen molar-refractivity contribution in [3.8, 4) is 0 Å². The molecule has 4 nitrogen and oxygen atoms in total. The summed E-state index contributed by atoms with van der Waals surface area (Å²) in [4.78, 5) is 24.6. The van der Waals surface area contributed by atoms with E-state index in [1.165, 1.54) is 11.6 Å². The monoisotopic (exact) mass is 348 g/mol. The van der Waals surface area contributed by atoms with Crippen LogP contribution in [0.5, 0.6) is 0 Å². The fourth-order valence-electron chi connectivity index (χ4n) is 3.50. The molecule has 5 heteroatoms. The third kappa shape index (κ3) is 2.84. The molecule has 0 saturated heterocycles. The lowest BCUT2D eigenvalue weighted by Crippen LogP contribution is -2.15. The third-order valence-electron chi connectivity index (χ3n) is 4.51.